The zero-order valence-corrected chi connectivity index (χ0v) is 14.9. The summed E-state index contributed by atoms with van der Waals surface area (Å²) in [7, 11) is 1.48. The van der Waals surface area contributed by atoms with Crippen molar-refractivity contribution in [3.63, 3.8) is 0 Å². The average Bonchev–Trinajstić information content (AvgIpc) is 3.01. The van der Waals surface area contributed by atoms with Crippen LogP contribution < -0.4 is 15.0 Å². The molecule has 1 N–H and O–H groups in total. The molecule has 0 bridgehead atoms. The van der Waals surface area contributed by atoms with Crippen molar-refractivity contribution in [3.8, 4) is 5.75 Å². The summed E-state index contributed by atoms with van der Waals surface area (Å²) in [5.74, 6) is -0.295. The number of hydrogen-bond donors (Lipinski definition) is 1. The molecular weight excluding hydrogens is 359 g/mol. The van der Waals surface area contributed by atoms with E-state index in [-0.39, 0.29) is 23.5 Å². The zero-order chi connectivity index (χ0) is 18.7. The van der Waals surface area contributed by atoms with E-state index in [2.05, 4.69) is 5.32 Å². The van der Waals surface area contributed by atoms with Crippen molar-refractivity contribution < 1.29 is 18.7 Å². The molecule has 1 heterocycles. The number of methoxy groups -OCH3 is 1. The van der Waals surface area contributed by atoms with Crippen LogP contribution in [0, 0.1) is 11.7 Å². The maximum absolute atomic E-state index is 13.0. The Morgan fingerprint density at radius 1 is 1.31 bits per heavy atom. The van der Waals surface area contributed by atoms with Gasteiger partial charge >= 0.3 is 0 Å². The Balaban J connectivity index is 1.62. The van der Waals surface area contributed by atoms with E-state index in [0.29, 0.717) is 41.5 Å². The van der Waals surface area contributed by atoms with E-state index >= 15 is 0 Å². The van der Waals surface area contributed by atoms with E-state index < -0.39 is 0 Å². The summed E-state index contributed by atoms with van der Waals surface area (Å²) in [6, 6.07) is 10.6. The van der Waals surface area contributed by atoms with Gasteiger partial charge in [-0.25, -0.2) is 4.39 Å². The number of nitrogens with one attached hydrogen (secondary N) is 1. The Labute approximate surface area is 155 Å². The van der Waals surface area contributed by atoms with Gasteiger partial charge in [-0.15, -0.1) is 0 Å². The van der Waals surface area contributed by atoms with E-state index in [4.69, 9.17) is 16.3 Å². The maximum Gasteiger partial charge on any atom is 0.255 e. The molecule has 0 radical (unpaired) electrons. The lowest BCUT2D eigenvalue weighted by Crippen LogP contribution is -2.31. The highest BCUT2D eigenvalue weighted by Crippen LogP contribution is 2.26. The molecule has 2 aromatic carbocycles. The minimum Gasteiger partial charge on any atom is -0.496 e. The van der Waals surface area contributed by atoms with Crippen molar-refractivity contribution in [2.24, 2.45) is 5.92 Å². The molecule has 2 amide bonds. The summed E-state index contributed by atoms with van der Waals surface area (Å²) in [6.45, 7) is 0.815. The molecule has 3 rings (SSSR count). The second-order valence-electron chi connectivity index (χ2n) is 6.11. The monoisotopic (exact) mass is 376 g/mol. The number of ether oxygens (including phenoxy) is 1. The quantitative estimate of drug-likeness (QED) is 0.871. The molecule has 0 unspecified atom stereocenters. The Morgan fingerprint density at radius 3 is 2.73 bits per heavy atom. The predicted molar refractivity (Wildman–Crippen MR) is 97.2 cm³/mol. The molecule has 0 spiro atoms. The molecule has 7 heteroatoms. The first-order chi connectivity index (χ1) is 12.5. The molecule has 2 aromatic rings. The molecule has 5 nitrogen and oxygen atoms in total. The molecule has 1 atom stereocenters. The van der Waals surface area contributed by atoms with Crippen molar-refractivity contribution in [3.05, 3.63) is 58.9 Å². The lowest BCUT2D eigenvalue weighted by atomic mass is 10.1. The van der Waals surface area contributed by atoms with E-state index in [0.717, 1.165) is 0 Å². The van der Waals surface area contributed by atoms with Crippen molar-refractivity contribution in [1.29, 1.82) is 0 Å². The van der Waals surface area contributed by atoms with Gasteiger partial charge < -0.3 is 15.0 Å². The molecule has 0 saturated carbocycles. The van der Waals surface area contributed by atoms with Gasteiger partial charge in [-0.1, -0.05) is 11.6 Å². The van der Waals surface area contributed by atoms with E-state index in [1.807, 2.05) is 0 Å². The number of benzene rings is 2. The van der Waals surface area contributed by atoms with Crippen LogP contribution >= 0.6 is 11.6 Å². The fourth-order valence-electron chi connectivity index (χ4n) is 2.98. The SMILES string of the molecule is COc1ccc(Cl)cc1C(=O)NC[C@H]1CC(=O)N(c2ccc(F)cc2)C1. The molecule has 1 aliphatic heterocycles. The smallest absolute Gasteiger partial charge is 0.255 e. The van der Waals surface area contributed by atoms with Crippen LogP contribution in [-0.2, 0) is 4.79 Å². The summed E-state index contributed by atoms with van der Waals surface area (Å²) in [6.07, 6.45) is 0.324. The van der Waals surface area contributed by atoms with Gasteiger partial charge in [0.25, 0.3) is 5.91 Å². The van der Waals surface area contributed by atoms with Crippen LogP contribution in [0.5, 0.6) is 5.75 Å². The predicted octanol–water partition coefficient (Wildman–Crippen LogP) is 3.27. The first kappa shape index (κ1) is 18.2. The third-order valence-electron chi connectivity index (χ3n) is 4.30. The number of rotatable bonds is 5. The molecule has 1 fully saturated rings. The van der Waals surface area contributed by atoms with Gasteiger partial charge in [0.2, 0.25) is 5.91 Å². The standard InChI is InChI=1S/C19H18ClFN2O3/c1-26-17-7-2-13(20)9-16(17)19(25)22-10-12-8-18(24)23(11-12)15-5-3-14(21)4-6-15/h2-7,9,12H,8,10-11H2,1H3,(H,22,25)/t12-/m1/s1. The highest BCUT2D eigenvalue weighted by molar-refractivity contribution is 6.31. The van der Waals surface area contributed by atoms with Gasteiger partial charge in [-0.3, -0.25) is 9.59 Å². The summed E-state index contributed by atoms with van der Waals surface area (Å²) in [4.78, 5) is 26.2. The molecule has 26 heavy (non-hydrogen) atoms. The van der Waals surface area contributed by atoms with Crippen molar-refractivity contribution in [2.45, 2.75) is 6.42 Å². The van der Waals surface area contributed by atoms with Crippen LogP contribution in [0.1, 0.15) is 16.8 Å². The minimum absolute atomic E-state index is 0.0262. The number of halogens is 2. The molecule has 136 valence electrons. The van der Waals surface area contributed by atoms with E-state index in [1.165, 1.54) is 19.2 Å². The molecular formula is C19H18ClFN2O3. The topological polar surface area (TPSA) is 58.6 Å². The number of anilines is 1. The molecule has 1 saturated heterocycles. The molecule has 1 aliphatic rings. The lowest BCUT2D eigenvalue weighted by molar-refractivity contribution is -0.117. The second kappa shape index (κ2) is 7.74. The first-order valence-corrected chi connectivity index (χ1v) is 8.53. The zero-order valence-electron chi connectivity index (χ0n) is 14.2. The van der Waals surface area contributed by atoms with Crippen molar-refractivity contribution in [1.82, 2.24) is 5.32 Å². The normalized spacial score (nSPS) is 16.7. The Hall–Kier alpha value is -2.60. The summed E-state index contributed by atoms with van der Waals surface area (Å²) in [5, 5.41) is 3.27. The summed E-state index contributed by atoms with van der Waals surface area (Å²) < 4.78 is 18.2. The second-order valence-corrected chi connectivity index (χ2v) is 6.54. The van der Waals surface area contributed by atoms with Gasteiger partial charge in [-0.2, -0.15) is 0 Å². The Bertz CT molecular complexity index is 826. The third-order valence-corrected chi connectivity index (χ3v) is 4.54. The van der Waals surface area contributed by atoms with Crippen LogP contribution in [0.2, 0.25) is 5.02 Å². The van der Waals surface area contributed by atoms with E-state index in [1.54, 1.807) is 35.2 Å². The highest BCUT2D eigenvalue weighted by atomic mass is 35.5. The number of carbonyl (C=O) groups is 2. The highest BCUT2D eigenvalue weighted by Gasteiger charge is 2.31. The average molecular weight is 377 g/mol. The minimum atomic E-state index is -0.348. The van der Waals surface area contributed by atoms with Crippen LogP contribution in [0.4, 0.5) is 10.1 Å². The molecule has 0 aliphatic carbocycles. The van der Waals surface area contributed by atoms with Gasteiger partial charge in [0.05, 0.1) is 12.7 Å². The molecule has 0 aromatic heterocycles. The van der Waals surface area contributed by atoms with Gasteiger partial charge in [-0.05, 0) is 42.5 Å². The fraction of sp³-hybridized carbons (Fsp3) is 0.263. The number of carbonyl (C=O) groups excluding carboxylic acids is 2. The largest absolute Gasteiger partial charge is 0.496 e. The lowest BCUT2D eigenvalue weighted by Gasteiger charge is -2.17. The first-order valence-electron chi connectivity index (χ1n) is 8.15. The van der Waals surface area contributed by atoms with Crippen LogP contribution in [0.15, 0.2) is 42.5 Å². The van der Waals surface area contributed by atoms with Gasteiger partial charge in [0.1, 0.15) is 11.6 Å². The summed E-state index contributed by atoms with van der Waals surface area (Å²) >= 11 is 5.95. The maximum atomic E-state index is 13.0. The third kappa shape index (κ3) is 3.96. The number of hydrogen-bond acceptors (Lipinski definition) is 3. The van der Waals surface area contributed by atoms with Crippen molar-refractivity contribution >= 4 is 29.1 Å². The number of amides is 2. The summed E-state index contributed by atoms with van der Waals surface area (Å²) in [5.41, 5.74) is 1.00. The Morgan fingerprint density at radius 2 is 2.04 bits per heavy atom. The van der Waals surface area contributed by atoms with Crippen LogP contribution in [-0.4, -0.2) is 32.0 Å². The Kier molecular flexibility index (Phi) is 5.42. The van der Waals surface area contributed by atoms with Crippen LogP contribution in [0.3, 0.4) is 0 Å². The number of nitrogens with zero attached hydrogens (tertiary/aromatic N) is 1. The van der Waals surface area contributed by atoms with E-state index in [9.17, 15) is 14.0 Å². The van der Waals surface area contributed by atoms with Crippen molar-refractivity contribution in [2.75, 3.05) is 25.1 Å². The fourth-order valence-corrected chi connectivity index (χ4v) is 3.15. The van der Waals surface area contributed by atoms with Crippen LogP contribution in [0.25, 0.3) is 0 Å². The van der Waals surface area contributed by atoms with Gasteiger partial charge in [0, 0.05) is 36.1 Å². The van der Waals surface area contributed by atoms with Gasteiger partial charge in [0.15, 0.2) is 0 Å².